The maximum atomic E-state index is 12.1. The summed E-state index contributed by atoms with van der Waals surface area (Å²) in [6.07, 6.45) is 0.460. The van der Waals surface area contributed by atoms with E-state index in [1.165, 1.54) is 5.56 Å². The third-order valence-electron chi connectivity index (χ3n) is 2.94. The zero-order valence-electron chi connectivity index (χ0n) is 11.0. The van der Waals surface area contributed by atoms with E-state index < -0.39 is 0 Å². The fourth-order valence-corrected chi connectivity index (χ4v) is 3.01. The fraction of sp³-hybridized carbons (Fsp3) is 0.267. The minimum Gasteiger partial charge on any atom is -0.341 e. The van der Waals surface area contributed by atoms with Gasteiger partial charge >= 0.3 is 0 Å². The SMILES string of the molecule is Cc1ccc(CC(=O)N(C)Cc2csc(Br)c2)cc1. The van der Waals surface area contributed by atoms with E-state index in [-0.39, 0.29) is 5.91 Å². The maximum absolute atomic E-state index is 12.1. The zero-order chi connectivity index (χ0) is 13.8. The van der Waals surface area contributed by atoms with Gasteiger partial charge in [-0.05, 0) is 45.4 Å². The molecule has 0 unspecified atom stereocenters. The van der Waals surface area contributed by atoms with Crippen LogP contribution in [0.2, 0.25) is 0 Å². The van der Waals surface area contributed by atoms with Crippen molar-refractivity contribution in [3.8, 4) is 0 Å². The molecule has 1 aromatic heterocycles. The molecule has 0 radical (unpaired) electrons. The molecule has 1 heterocycles. The van der Waals surface area contributed by atoms with Gasteiger partial charge < -0.3 is 4.90 Å². The van der Waals surface area contributed by atoms with Gasteiger partial charge in [-0.25, -0.2) is 0 Å². The number of halogens is 1. The van der Waals surface area contributed by atoms with E-state index in [4.69, 9.17) is 0 Å². The van der Waals surface area contributed by atoms with E-state index in [1.54, 1.807) is 16.2 Å². The van der Waals surface area contributed by atoms with Crippen LogP contribution >= 0.6 is 27.3 Å². The summed E-state index contributed by atoms with van der Waals surface area (Å²) in [7, 11) is 1.85. The molecule has 2 aromatic rings. The van der Waals surface area contributed by atoms with Crippen LogP contribution in [-0.4, -0.2) is 17.9 Å². The van der Waals surface area contributed by atoms with Crippen LogP contribution in [0.4, 0.5) is 0 Å². The van der Waals surface area contributed by atoms with Gasteiger partial charge in [-0.2, -0.15) is 0 Å². The molecule has 0 atom stereocenters. The van der Waals surface area contributed by atoms with Gasteiger partial charge in [-0.15, -0.1) is 11.3 Å². The predicted molar refractivity (Wildman–Crippen MR) is 83.4 cm³/mol. The van der Waals surface area contributed by atoms with E-state index >= 15 is 0 Å². The Kier molecular flexibility index (Phi) is 4.77. The Hall–Kier alpha value is -1.13. The second-order valence-electron chi connectivity index (χ2n) is 4.67. The number of carbonyl (C=O) groups excluding carboxylic acids is 1. The molecule has 4 heteroatoms. The third-order valence-corrected chi connectivity index (χ3v) is 4.50. The lowest BCUT2D eigenvalue weighted by molar-refractivity contribution is -0.129. The summed E-state index contributed by atoms with van der Waals surface area (Å²) < 4.78 is 1.10. The number of likely N-dealkylation sites (N-methyl/N-ethyl adjacent to an activating group) is 1. The Labute approximate surface area is 126 Å². The van der Waals surface area contributed by atoms with Crippen LogP contribution < -0.4 is 0 Å². The number of rotatable bonds is 4. The number of hydrogen-bond acceptors (Lipinski definition) is 2. The highest BCUT2D eigenvalue weighted by Crippen LogP contribution is 2.21. The zero-order valence-corrected chi connectivity index (χ0v) is 13.4. The Balaban J connectivity index is 1.94. The lowest BCUT2D eigenvalue weighted by Gasteiger charge is -2.16. The summed E-state index contributed by atoms with van der Waals surface area (Å²) in [5, 5.41) is 2.07. The molecule has 0 aliphatic rings. The lowest BCUT2D eigenvalue weighted by atomic mass is 10.1. The standard InChI is InChI=1S/C15H16BrNOS/c1-11-3-5-12(6-4-11)8-15(18)17(2)9-13-7-14(16)19-10-13/h3-7,10H,8-9H2,1-2H3. The summed E-state index contributed by atoms with van der Waals surface area (Å²) in [5.74, 6) is 0.145. The van der Waals surface area contributed by atoms with Crippen molar-refractivity contribution < 1.29 is 4.79 Å². The van der Waals surface area contributed by atoms with Gasteiger partial charge in [0.1, 0.15) is 0 Å². The number of nitrogens with zero attached hydrogens (tertiary/aromatic N) is 1. The molecule has 1 amide bonds. The van der Waals surface area contributed by atoms with Gasteiger partial charge in [0.25, 0.3) is 0 Å². The summed E-state index contributed by atoms with van der Waals surface area (Å²) in [6.45, 7) is 2.71. The monoisotopic (exact) mass is 337 g/mol. The molecule has 0 aliphatic heterocycles. The number of amides is 1. The first-order valence-electron chi connectivity index (χ1n) is 6.07. The fourth-order valence-electron chi connectivity index (χ4n) is 1.81. The molecule has 0 fully saturated rings. The molecule has 0 aliphatic carbocycles. The van der Waals surface area contributed by atoms with E-state index in [9.17, 15) is 4.79 Å². The molecule has 2 nitrogen and oxygen atoms in total. The van der Waals surface area contributed by atoms with Crippen LogP contribution in [-0.2, 0) is 17.8 Å². The van der Waals surface area contributed by atoms with Crippen molar-refractivity contribution in [3.63, 3.8) is 0 Å². The molecule has 2 rings (SSSR count). The Morgan fingerprint density at radius 2 is 1.95 bits per heavy atom. The normalized spacial score (nSPS) is 10.5. The first-order valence-corrected chi connectivity index (χ1v) is 7.74. The maximum Gasteiger partial charge on any atom is 0.227 e. The molecule has 0 N–H and O–H groups in total. The summed E-state index contributed by atoms with van der Waals surface area (Å²) in [4.78, 5) is 13.9. The quantitative estimate of drug-likeness (QED) is 0.825. The van der Waals surface area contributed by atoms with Crippen molar-refractivity contribution in [3.05, 3.63) is 56.2 Å². The minimum absolute atomic E-state index is 0.145. The molecule has 0 saturated carbocycles. The van der Waals surface area contributed by atoms with Gasteiger partial charge in [-0.3, -0.25) is 4.79 Å². The Morgan fingerprint density at radius 3 is 2.53 bits per heavy atom. The van der Waals surface area contributed by atoms with Crippen LogP contribution in [0.1, 0.15) is 16.7 Å². The number of hydrogen-bond donors (Lipinski definition) is 0. The van der Waals surface area contributed by atoms with Crippen molar-refractivity contribution >= 4 is 33.2 Å². The van der Waals surface area contributed by atoms with Gasteiger partial charge in [0, 0.05) is 13.6 Å². The van der Waals surface area contributed by atoms with Crippen LogP contribution in [0.25, 0.3) is 0 Å². The van der Waals surface area contributed by atoms with E-state index in [2.05, 4.69) is 27.4 Å². The van der Waals surface area contributed by atoms with Crippen molar-refractivity contribution in [2.45, 2.75) is 19.9 Å². The Morgan fingerprint density at radius 1 is 1.26 bits per heavy atom. The minimum atomic E-state index is 0.145. The van der Waals surface area contributed by atoms with Crippen LogP contribution in [0.3, 0.4) is 0 Å². The van der Waals surface area contributed by atoms with E-state index in [0.717, 1.165) is 14.9 Å². The highest BCUT2D eigenvalue weighted by molar-refractivity contribution is 9.11. The van der Waals surface area contributed by atoms with Crippen LogP contribution in [0.5, 0.6) is 0 Å². The van der Waals surface area contributed by atoms with E-state index in [0.29, 0.717) is 13.0 Å². The smallest absolute Gasteiger partial charge is 0.227 e. The largest absolute Gasteiger partial charge is 0.341 e. The van der Waals surface area contributed by atoms with Crippen molar-refractivity contribution in [1.29, 1.82) is 0 Å². The lowest BCUT2D eigenvalue weighted by Crippen LogP contribution is -2.27. The molecule has 0 bridgehead atoms. The van der Waals surface area contributed by atoms with Gasteiger partial charge in [0.2, 0.25) is 5.91 Å². The number of thiophene rings is 1. The summed E-state index contributed by atoms with van der Waals surface area (Å²) in [5.41, 5.74) is 3.44. The highest BCUT2D eigenvalue weighted by Gasteiger charge is 2.10. The van der Waals surface area contributed by atoms with Gasteiger partial charge in [-0.1, -0.05) is 29.8 Å². The first kappa shape index (κ1) is 14.3. The molecular weight excluding hydrogens is 322 g/mol. The third kappa shape index (κ3) is 4.18. The molecule has 1 aromatic carbocycles. The second kappa shape index (κ2) is 6.35. The highest BCUT2D eigenvalue weighted by atomic mass is 79.9. The average Bonchev–Trinajstić information content (AvgIpc) is 2.77. The topological polar surface area (TPSA) is 20.3 Å². The molecular formula is C15H16BrNOS. The average molecular weight is 338 g/mol. The molecule has 0 spiro atoms. The Bertz CT molecular complexity index is 562. The van der Waals surface area contributed by atoms with Gasteiger partial charge in [0.05, 0.1) is 10.2 Å². The molecule has 0 saturated heterocycles. The first-order chi connectivity index (χ1) is 9.04. The second-order valence-corrected chi connectivity index (χ2v) is 6.96. The van der Waals surface area contributed by atoms with Crippen molar-refractivity contribution in [1.82, 2.24) is 4.90 Å². The predicted octanol–water partition coefficient (Wildman–Crippen LogP) is 4.02. The molecule has 19 heavy (non-hydrogen) atoms. The number of aryl methyl sites for hydroxylation is 1. The molecule has 100 valence electrons. The van der Waals surface area contributed by atoms with Crippen LogP contribution in [0.15, 0.2) is 39.5 Å². The van der Waals surface area contributed by atoms with Crippen molar-refractivity contribution in [2.24, 2.45) is 0 Å². The number of carbonyl (C=O) groups is 1. The van der Waals surface area contributed by atoms with E-state index in [1.807, 2.05) is 38.2 Å². The van der Waals surface area contributed by atoms with Gasteiger partial charge in [0.15, 0.2) is 0 Å². The van der Waals surface area contributed by atoms with Crippen LogP contribution in [0, 0.1) is 6.92 Å². The number of benzene rings is 1. The summed E-state index contributed by atoms with van der Waals surface area (Å²) in [6, 6.07) is 10.2. The van der Waals surface area contributed by atoms with Crippen molar-refractivity contribution in [2.75, 3.05) is 7.05 Å². The summed E-state index contributed by atoms with van der Waals surface area (Å²) >= 11 is 5.08.